The first-order valence-corrected chi connectivity index (χ1v) is 3.84. The van der Waals surface area contributed by atoms with Gasteiger partial charge in [0.1, 0.15) is 0 Å². The maximum atomic E-state index is 11.0. The molecule has 3 heteroatoms. The predicted molar refractivity (Wildman–Crippen MR) is 39.2 cm³/mol. The maximum Gasteiger partial charge on any atom is 0.238 e. The molecule has 0 radical (unpaired) electrons. The van der Waals surface area contributed by atoms with Crippen molar-refractivity contribution >= 4 is 5.91 Å². The molecule has 0 aliphatic carbocycles. The molecule has 10 heavy (non-hydrogen) atoms. The molecule has 1 unspecified atom stereocenters. The summed E-state index contributed by atoms with van der Waals surface area (Å²) in [4.78, 5) is 11.0. The second-order valence-corrected chi connectivity index (χ2v) is 2.58. The van der Waals surface area contributed by atoms with E-state index in [4.69, 9.17) is 0 Å². The van der Waals surface area contributed by atoms with Crippen LogP contribution in [-0.4, -0.2) is 23.5 Å². The van der Waals surface area contributed by atoms with Gasteiger partial charge in [-0.3, -0.25) is 9.80 Å². The van der Waals surface area contributed by atoms with Crippen molar-refractivity contribution in [3.05, 3.63) is 0 Å². The van der Waals surface area contributed by atoms with Crippen LogP contribution in [0.3, 0.4) is 0 Å². The highest BCUT2D eigenvalue weighted by molar-refractivity contribution is 5.78. The molecule has 1 N–H and O–H groups in total. The Bertz CT molecular complexity index is 136. The lowest BCUT2D eigenvalue weighted by molar-refractivity contribution is -0.129. The van der Waals surface area contributed by atoms with Crippen LogP contribution in [0.15, 0.2) is 0 Å². The summed E-state index contributed by atoms with van der Waals surface area (Å²) < 4.78 is 0. The average Bonchev–Trinajstić information content (AvgIpc) is 2.30. The zero-order valence-electron chi connectivity index (χ0n) is 6.55. The number of carbonyl (C=O) groups is 1. The Balaban J connectivity index is 2.44. The number of carbonyl (C=O) groups excluding carboxylic acids is 1. The van der Waals surface area contributed by atoms with E-state index in [1.165, 1.54) is 0 Å². The molecule has 0 aromatic carbocycles. The van der Waals surface area contributed by atoms with Crippen LogP contribution in [0.25, 0.3) is 0 Å². The Labute approximate surface area is 61.4 Å². The van der Waals surface area contributed by atoms with Gasteiger partial charge in [0.2, 0.25) is 5.91 Å². The second-order valence-electron chi connectivity index (χ2n) is 2.58. The Morgan fingerprint density at radius 1 is 1.70 bits per heavy atom. The van der Waals surface area contributed by atoms with Gasteiger partial charge in [0.25, 0.3) is 0 Å². The lowest BCUT2D eigenvalue weighted by Crippen LogP contribution is -2.36. The topological polar surface area (TPSA) is 32.3 Å². The van der Waals surface area contributed by atoms with E-state index in [1.54, 1.807) is 5.01 Å². The lowest BCUT2D eigenvalue weighted by Gasteiger charge is -2.14. The van der Waals surface area contributed by atoms with Crippen LogP contribution in [0.1, 0.15) is 26.7 Å². The third kappa shape index (κ3) is 1.29. The van der Waals surface area contributed by atoms with Gasteiger partial charge in [-0.05, 0) is 13.3 Å². The SMILES string of the molecule is CCC1CC(=O)N(CC)N1. The standard InChI is InChI=1S/C7H14N2O/c1-3-6-5-7(10)9(4-2)8-6/h6,8H,3-5H2,1-2H3. The van der Waals surface area contributed by atoms with E-state index in [-0.39, 0.29) is 5.91 Å². The Morgan fingerprint density at radius 3 is 2.70 bits per heavy atom. The summed E-state index contributed by atoms with van der Waals surface area (Å²) in [7, 11) is 0. The number of nitrogens with one attached hydrogen (secondary N) is 1. The molecule has 1 heterocycles. The summed E-state index contributed by atoms with van der Waals surface area (Å²) in [6.07, 6.45) is 1.70. The first-order valence-electron chi connectivity index (χ1n) is 3.84. The van der Waals surface area contributed by atoms with Gasteiger partial charge < -0.3 is 0 Å². The molecular weight excluding hydrogens is 128 g/mol. The van der Waals surface area contributed by atoms with Crippen LogP contribution >= 0.6 is 0 Å². The number of amides is 1. The normalized spacial score (nSPS) is 26.0. The molecule has 58 valence electrons. The van der Waals surface area contributed by atoms with Crippen LogP contribution < -0.4 is 5.43 Å². The molecule has 1 fully saturated rings. The van der Waals surface area contributed by atoms with Crippen molar-refractivity contribution in [3.63, 3.8) is 0 Å². The summed E-state index contributed by atoms with van der Waals surface area (Å²) in [5, 5.41) is 1.69. The van der Waals surface area contributed by atoms with Crippen LogP contribution in [0.2, 0.25) is 0 Å². The highest BCUT2D eigenvalue weighted by Gasteiger charge is 2.25. The number of nitrogens with zero attached hydrogens (tertiary/aromatic N) is 1. The fraction of sp³-hybridized carbons (Fsp3) is 0.857. The van der Waals surface area contributed by atoms with Gasteiger partial charge in [0.05, 0.1) is 0 Å². The minimum absolute atomic E-state index is 0.231. The van der Waals surface area contributed by atoms with Crippen molar-refractivity contribution in [3.8, 4) is 0 Å². The zero-order chi connectivity index (χ0) is 7.56. The minimum Gasteiger partial charge on any atom is -0.278 e. The summed E-state index contributed by atoms with van der Waals surface area (Å²) in [6, 6.07) is 0.382. The van der Waals surface area contributed by atoms with Gasteiger partial charge in [0.15, 0.2) is 0 Å². The molecule has 0 aromatic heterocycles. The van der Waals surface area contributed by atoms with Gasteiger partial charge in [0, 0.05) is 19.0 Å². The smallest absolute Gasteiger partial charge is 0.238 e. The van der Waals surface area contributed by atoms with E-state index in [9.17, 15) is 4.79 Å². The molecule has 0 bridgehead atoms. The van der Waals surface area contributed by atoms with Crippen LogP contribution in [0.4, 0.5) is 0 Å². The molecule has 0 aromatic rings. The first-order chi connectivity index (χ1) is 4.77. The van der Waals surface area contributed by atoms with E-state index in [0.717, 1.165) is 13.0 Å². The fourth-order valence-electron chi connectivity index (χ4n) is 1.16. The van der Waals surface area contributed by atoms with Gasteiger partial charge in [-0.15, -0.1) is 0 Å². The van der Waals surface area contributed by atoms with E-state index in [0.29, 0.717) is 12.5 Å². The van der Waals surface area contributed by atoms with Gasteiger partial charge in [-0.1, -0.05) is 6.92 Å². The molecule has 0 saturated carbocycles. The van der Waals surface area contributed by atoms with E-state index in [2.05, 4.69) is 12.3 Å². The summed E-state index contributed by atoms with van der Waals surface area (Å²) in [6.45, 7) is 4.84. The van der Waals surface area contributed by atoms with Crippen molar-refractivity contribution in [2.45, 2.75) is 32.7 Å². The van der Waals surface area contributed by atoms with E-state index < -0.39 is 0 Å². The summed E-state index contributed by atoms with van der Waals surface area (Å²) in [5.74, 6) is 0.231. The van der Waals surface area contributed by atoms with Crippen LogP contribution in [0, 0.1) is 0 Å². The second kappa shape index (κ2) is 3.01. The fourth-order valence-corrected chi connectivity index (χ4v) is 1.16. The van der Waals surface area contributed by atoms with Crippen LogP contribution in [-0.2, 0) is 4.79 Å². The number of rotatable bonds is 2. The molecular formula is C7H14N2O. The Kier molecular flexibility index (Phi) is 2.27. The Morgan fingerprint density at radius 2 is 2.40 bits per heavy atom. The van der Waals surface area contributed by atoms with Crippen molar-refractivity contribution in [1.82, 2.24) is 10.4 Å². The maximum absolute atomic E-state index is 11.0. The van der Waals surface area contributed by atoms with Gasteiger partial charge in [-0.2, -0.15) is 0 Å². The van der Waals surface area contributed by atoms with Crippen molar-refractivity contribution in [1.29, 1.82) is 0 Å². The van der Waals surface area contributed by atoms with E-state index >= 15 is 0 Å². The predicted octanol–water partition coefficient (Wildman–Crippen LogP) is 0.522. The quantitative estimate of drug-likeness (QED) is 0.609. The molecule has 1 aliphatic heterocycles. The zero-order valence-corrected chi connectivity index (χ0v) is 6.55. The number of hydrazine groups is 1. The van der Waals surface area contributed by atoms with Crippen molar-refractivity contribution < 1.29 is 4.79 Å². The monoisotopic (exact) mass is 142 g/mol. The largest absolute Gasteiger partial charge is 0.278 e. The molecule has 1 amide bonds. The summed E-state index contributed by atoms with van der Waals surface area (Å²) >= 11 is 0. The molecule has 1 rings (SSSR count). The molecule has 0 spiro atoms. The third-order valence-electron chi connectivity index (χ3n) is 1.87. The number of hydrogen-bond acceptors (Lipinski definition) is 2. The summed E-state index contributed by atoms with van der Waals surface area (Å²) in [5.41, 5.74) is 3.12. The van der Waals surface area contributed by atoms with Gasteiger partial charge in [-0.25, -0.2) is 5.43 Å². The lowest BCUT2D eigenvalue weighted by atomic mass is 10.2. The minimum atomic E-state index is 0.231. The van der Waals surface area contributed by atoms with Crippen molar-refractivity contribution in [2.24, 2.45) is 0 Å². The van der Waals surface area contributed by atoms with E-state index in [1.807, 2.05) is 6.92 Å². The Hall–Kier alpha value is -0.570. The average molecular weight is 142 g/mol. The molecule has 3 nitrogen and oxygen atoms in total. The first kappa shape index (κ1) is 7.54. The highest BCUT2D eigenvalue weighted by Crippen LogP contribution is 2.08. The van der Waals surface area contributed by atoms with Crippen molar-refractivity contribution in [2.75, 3.05) is 6.54 Å². The van der Waals surface area contributed by atoms with Gasteiger partial charge >= 0.3 is 0 Å². The molecule has 1 aliphatic rings. The van der Waals surface area contributed by atoms with Crippen LogP contribution in [0.5, 0.6) is 0 Å². The third-order valence-corrected chi connectivity index (χ3v) is 1.87. The number of hydrogen-bond donors (Lipinski definition) is 1. The molecule has 1 saturated heterocycles. The molecule has 1 atom stereocenters. The highest BCUT2D eigenvalue weighted by atomic mass is 16.2.